The third-order valence-electron chi connectivity index (χ3n) is 5.91. The van der Waals surface area contributed by atoms with Crippen molar-refractivity contribution in [2.45, 2.75) is 27.7 Å². The molecule has 0 atom stereocenters. The molecule has 0 aromatic heterocycles. The fraction of sp³-hybridized carbons (Fsp3) is 0.143. The quantitative estimate of drug-likeness (QED) is 0.303. The van der Waals surface area contributed by atoms with E-state index in [9.17, 15) is 15.3 Å². The van der Waals surface area contributed by atoms with Gasteiger partial charge in [0.25, 0.3) is 0 Å². The normalized spacial score (nSPS) is 10.8. The number of hydrogen-bond acceptors (Lipinski definition) is 5. The van der Waals surface area contributed by atoms with Gasteiger partial charge in [0, 0.05) is 35.3 Å². The first-order chi connectivity index (χ1) is 15.7. The number of phenols is 3. The van der Waals surface area contributed by atoms with Gasteiger partial charge in [-0.3, -0.25) is 0 Å². The number of rotatable bonds is 5. The Morgan fingerprint density at radius 1 is 0.576 bits per heavy atom. The molecule has 0 amide bonds. The summed E-state index contributed by atoms with van der Waals surface area (Å²) < 4.78 is 6.16. The lowest BCUT2D eigenvalue weighted by molar-refractivity contribution is 0.457. The van der Waals surface area contributed by atoms with Gasteiger partial charge in [0.15, 0.2) is 0 Å². The number of phenolic OH excluding ortho intramolecular Hbond substituents is 3. The molecular formula is C28H27NO4. The molecule has 0 fully saturated rings. The number of benzene rings is 4. The largest absolute Gasteiger partial charge is 0.508 e. The molecule has 4 rings (SSSR count). The van der Waals surface area contributed by atoms with Crippen LogP contribution >= 0.6 is 0 Å². The van der Waals surface area contributed by atoms with E-state index in [2.05, 4.69) is 0 Å². The van der Waals surface area contributed by atoms with Crippen LogP contribution < -0.4 is 9.64 Å². The summed E-state index contributed by atoms with van der Waals surface area (Å²) in [5.41, 5.74) is 5.48. The molecule has 0 radical (unpaired) electrons. The van der Waals surface area contributed by atoms with Crippen LogP contribution in [0.1, 0.15) is 22.3 Å². The highest BCUT2D eigenvalue weighted by Gasteiger charge is 2.16. The van der Waals surface area contributed by atoms with Crippen molar-refractivity contribution in [2.24, 2.45) is 0 Å². The number of anilines is 3. The van der Waals surface area contributed by atoms with Crippen molar-refractivity contribution < 1.29 is 20.1 Å². The SMILES string of the molecule is Cc1ccc(N(c2cccc(Oc3ccc(O)c(C)c3C)c2)c2ccc(C)c(O)c2)cc1O. The Labute approximate surface area is 193 Å². The highest BCUT2D eigenvalue weighted by Crippen LogP contribution is 2.40. The molecule has 0 aliphatic rings. The minimum atomic E-state index is 0.191. The van der Waals surface area contributed by atoms with Gasteiger partial charge in [0.1, 0.15) is 28.7 Å². The molecule has 168 valence electrons. The molecule has 0 heterocycles. The Balaban J connectivity index is 1.80. The van der Waals surface area contributed by atoms with E-state index in [0.717, 1.165) is 39.3 Å². The van der Waals surface area contributed by atoms with Gasteiger partial charge in [0.05, 0.1) is 0 Å². The summed E-state index contributed by atoms with van der Waals surface area (Å²) in [4.78, 5) is 1.94. The number of aryl methyl sites for hydroxylation is 2. The Bertz CT molecular complexity index is 1280. The van der Waals surface area contributed by atoms with Gasteiger partial charge in [-0.2, -0.15) is 0 Å². The van der Waals surface area contributed by atoms with Crippen molar-refractivity contribution in [3.63, 3.8) is 0 Å². The molecule has 33 heavy (non-hydrogen) atoms. The zero-order valence-electron chi connectivity index (χ0n) is 19.1. The second kappa shape index (κ2) is 8.79. The lowest BCUT2D eigenvalue weighted by Gasteiger charge is -2.26. The van der Waals surface area contributed by atoms with Gasteiger partial charge in [-0.25, -0.2) is 0 Å². The van der Waals surface area contributed by atoms with E-state index >= 15 is 0 Å². The van der Waals surface area contributed by atoms with Crippen LogP contribution in [0.5, 0.6) is 28.7 Å². The first-order valence-corrected chi connectivity index (χ1v) is 10.7. The van der Waals surface area contributed by atoms with E-state index in [1.54, 1.807) is 24.3 Å². The van der Waals surface area contributed by atoms with Gasteiger partial charge in [-0.05, 0) is 86.3 Å². The van der Waals surface area contributed by atoms with Crippen molar-refractivity contribution in [2.75, 3.05) is 4.90 Å². The van der Waals surface area contributed by atoms with Crippen molar-refractivity contribution in [3.05, 3.63) is 95.1 Å². The molecule has 0 spiro atoms. The first kappa shape index (κ1) is 22.1. The first-order valence-electron chi connectivity index (χ1n) is 10.7. The summed E-state index contributed by atoms with van der Waals surface area (Å²) in [5, 5.41) is 30.6. The van der Waals surface area contributed by atoms with Gasteiger partial charge in [-0.1, -0.05) is 18.2 Å². The fourth-order valence-corrected chi connectivity index (χ4v) is 3.63. The molecule has 0 saturated heterocycles. The van der Waals surface area contributed by atoms with Crippen LogP contribution in [0.2, 0.25) is 0 Å². The predicted molar refractivity (Wildman–Crippen MR) is 132 cm³/mol. The maximum absolute atomic E-state index is 10.3. The van der Waals surface area contributed by atoms with Gasteiger partial charge < -0.3 is 25.0 Å². The molecule has 0 aliphatic carbocycles. The number of nitrogens with zero attached hydrogens (tertiary/aromatic N) is 1. The lowest BCUT2D eigenvalue weighted by Crippen LogP contribution is -2.10. The smallest absolute Gasteiger partial charge is 0.130 e. The van der Waals surface area contributed by atoms with Gasteiger partial charge >= 0.3 is 0 Å². The van der Waals surface area contributed by atoms with Gasteiger partial charge in [0.2, 0.25) is 0 Å². The van der Waals surface area contributed by atoms with Crippen molar-refractivity contribution in [3.8, 4) is 28.7 Å². The number of hydrogen-bond donors (Lipinski definition) is 3. The second-order valence-corrected chi connectivity index (χ2v) is 8.21. The lowest BCUT2D eigenvalue weighted by atomic mass is 10.1. The topological polar surface area (TPSA) is 73.2 Å². The molecule has 4 aromatic rings. The standard InChI is InChI=1S/C28H27NO4/c1-17-8-10-22(15-26(17)31)29(23-11-9-18(2)27(32)16-23)21-6-5-7-24(14-21)33-28-13-12-25(30)19(3)20(28)4/h5-16,30-32H,1-4H3. The fourth-order valence-electron chi connectivity index (χ4n) is 3.63. The molecule has 0 aliphatic heterocycles. The summed E-state index contributed by atoms with van der Waals surface area (Å²) in [5.74, 6) is 1.90. The van der Waals surface area contributed by atoms with Crippen LogP contribution in [0.25, 0.3) is 0 Å². The minimum absolute atomic E-state index is 0.191. The number of ether oxygens (including phenoxy) is 1. The third-order valence-corrected chi connectivity index (χ3v) is 5.91. The van der Waals surface area contributed by atoms with Crippen LogP contribution in [0.15, 0.2) is 72.8 Å². The zero-order chi connectivity index (χ0) is 23.7. The molecule has 0 bridgehead atoms. The summed E-state index contributed by atoms with van der Waals surface area (Å²) in [6, 6.07) is 21.9. The Morgan fingerprint density at radius 3 is 1.73 bits per heavy atom. The molecule has 3 N–H and O–H groups in total. The Hall–Kier alpha value is -4.12. The highest BCUT2D eigenvalue weighted by atomic mass is 16.5. The average Bonchev–Trinajstić information content (AvgIpc) is 2.79. The minimum Gasteiger partial charge on any atom is -0.508 e. The number of aromatic hydroxyl groups is 3. The van der Waals surface area contributed by atoms with Gasteiger partial charge in [-0.15, -0.1) is 0 Å². The second-order valence-electron chi connectivity index (χ2n) is 8.21. The van der Waals surface area contributed by atoms with E-state index in [4.69, 9.17) is 4.74 Å². The highest BCUT2D eigenvalue weighted by molar-refractivity contribution is 5.79. The van der Waals surface area contributed by atoms with Crippen LogP contribution in [0.4, 0.5) is 17.1 Å². The average molecular weight is 442 g/mol. The van der Waals surface area contributed by atoms with Crippen LogP contribution in [0.3, 0.4) is 0 Å². The van der Waals surface area contributed by atoms with Crippen molar-refractivity contribution in [1.82, 2.24) is 0 Å². The molecular weight excluding hydrogens is 414 g/mol. The summed E-state index contributed by atoms with van der Waals surface area (Å²) in [7, 11) is 0. The molecule has 4 aromatic carbocycles. The molecule has 5 nitrogen and oxygen atoms in total. The van der Waals surface area contributed by atoms with E-state index in [1.807, 2.05) is 81.1 Å². The Kier molecular flexibility index (Phi) is 5.88. The maximum Gasteiger partial charge on any atom is 0.130 e. The van der Waals surface area contributed by atoms with Crippen molar-refractivity contribution >= 4 is 17.1 Å². The van der Waals surface area contributed by atoms with Crippen LogP contribution in [-0.4, -0.2) is 15.3 Å². The van der Waals surface area contributed by atoms with Crippen molar-refractivity contribution in [1.29, 1.82) is 0 Å². The third kappa shape index (κ3) is 4.44. The molecule has 5 heteroatoms. The molecule has 0 unspecified atom stereocenters. The van der Waals surface area contributed by atoms with E-state index in [0.29, 0.717) is 11.5 Å². The summed E-state index contributed by atoms with van der Waals surface area (Å²) in [6.07, 6.45) is 0. The van der Waals surface area contributed by atoms with Crippen LogP contribution in [-0.2, 0) is 0 Å². The van der Waals surface area contributed by atoms with E-state index in [1.165, 1.54) is 0 Å². The van der Waals surface area contributed by atoms with E-state index < -0.39 is 0 Å². The molecule has 0 saturated carbocycles. The maximum atomic E-state index is 10.3. The van der Waals surface area contributed by atoms with E-state index in [-0.39, 0.29) is 17.2 Å². The predicted octanol–water partition coefficient (Wildman–Crippen LogP) is 7.30. The summed E-state index contributed by atoms with van der Waals surface area (Å²) in [6.45, 7) is 7.45. The Morgan fingerprint density at radius 2 is 1.15 bits per heavy atom. The zero-order valence-corrected chi connectivity index (χ0v) is 19.1. The van der Waals surface area contributed by atoms with Crippen LogP contribution in [0, 0.1) is 27.7 Å². The monoisotopic (exact) mass is 441 g/mol. The summed E-state index contributed by atoms with van der Waals surface area (Å²) >= 11 is 0.